The standard InChI is InChI=1S/C30H46N10O3/c1-2-3-18-43-29-37-26(31)25-27(38-29)40(30(42)36-25)20-23-9-7-22(8-10-23)19-39-16-12-21(13-17-39)11-15-34-24(41)6-4-5-14-35-28(32)33/h7-10,21H,2-6,11-20H2,1H3,(H,34,41)(H,36,42)(H2,31,37,38)(H4,32,33,35). The molecule has 0 aliphatic carbocycles. The second-order valence-corrected chi connectivity index (χ2v) is 11.2. The van der Waals surface area contributed by atoms with E-state index in [1.54, 1.807) is 4.57 Å². The molecule has 13 heteroatoms. The van der Waals surface area contributed by atoms with Crippen molar-refractivity contribution in [3.8, 4) is 6.01 Å². The van der Waals surface area contributed by atoms with Gasteiger partial charge in [0.1, 0.15) is 5.52 Å². The van der Waals surface area contributed by atoms with Crippen LogP contribution in [0.5, 0.6) is 6.01 Å². The summed E-state index contributed by atoms with van der Waals surface area (Å²) in [5.74, 6) is 1.02. The molecule has 1 aromatic carbocycles. The molecule has 2 aromatic heterocycles. The number of nitrogen functional groups attached to an aromatic ring is 1. The Balaban J connectivity index is 1.20. The number of nitrogens with zero attached hydrogens (tertiary/aromatic N) is 5. The number of aromatic amines is 1. The Morgan fingerprint density at radius 1 is 1.09 bits per heavy atom. The fourth-order valence-corrected chi connectivity index (χ4v) is 5.28. The normalized spacial score (nSPS) is 14.2. The fraction of sp³-hybridized carbons (Fsp3) is 0.567. The molecule has 1 saturated heterocycles. The van der Waals surface area contributed by atoms with Gasteiger partial charge in [0, 0.05) is 26.1 Å². The number of carbonyl (C=O) groups is 1. The number of hydrogen-bond donors (Lipinski definition) is 5. The van der Waals surface area contributed by atoms with Gasteiger partial charge in [0.2, 0.25) is 5.91 Å². The molecule has 8 N–H and O–H groups in total. The number of piperidine rings is 1. The van der Waals surface area contributed by atoms with Crippen molar-refractivity contribution < 1.29 is 9.53 Å². The fourth-order valence-electron chi connectivity index (χ4n) is 5.28. The number of aromatic nitrogens is 4. The number of likely N-dealkylation sites (tertiary alicyclic amines) is 1. The van der Waals surface area contributed by atoms with Crippen molar-refractivity contribution in [1.29, 1.82) is 0 Å². The summed E-state index contributed by atoms with van der Waals surface area (Å²) in [5.41, 5.74) is 19.5. The molecule has 3 heterocycles. The van der Waals surface area contributed by atoms with Gasteiger partial charge < -0.3 is 32.2 Å². The Bertz CT molecular complexity index is 1400. The van der Waals surface area contributed by atoms with E-state index >= 15 is 0 Å². The first-order valence-electron chi connectivity index (χ1n) is 15.3. The number of imidazole rings is 1. The van der Waals surface area contributed by atoms with Crippen molar-refractivity contribution in [3.63, 3.8) is 0 Å². The molecule has 0 saturated carbocycles. The molecular weight excluding hydrogens is 548 g/mol. The van der Waals surface area contributed by atoms with Crippen molar-refractivity contribution in [2.24, 2.45) is 22.4 Å². The number of aliphatic imine (C=N–C) groups is 1. The number of ether oxygens (including phenoxy) is 1. The minimum Gasteiger partial charge on any atom is -0.463 e. The highest BCUT2D eigenvalue weighted by atomic mass is 16.5. The smallest absolute Gasteiger partial charge is 0.328 e. The maximum absolute atomic E-state index is 12.7. The van der Waals surface area contributed by atoms with Crippen LogP contribution < -0.4 is 32.9 Å². The van der Waals surface area contributed by atoms with Gasteiger partial charge in [-0.15, -0.1) is 0 Å². The highest BCUT2D eigenvalue weighted by molar-refractivity contribution is 5.82. The minimum absolute atomic E-state index is 0.0930. The Labute approximate surface area is 252 Å². The monoisotopic (exact) mass is 594 g/mol. The molecule has 0 radical (unpaired) electrons. The van der Waals surface area contributed by atoms with Crippen LogP contribution in [-0.4, -0.2) is 69.1 Å². The van der Waals surface area contributed by atoms with Gasteiger partial charge in [0.05, 0.1) is 13.2 Å². The molecule has 234 valence electrons. The maximum atomic E-state index is 12.7. The molecule has 0 spiro atoms. The number of anilines is 1. The van der Waals surface area contributed by atoms with Crippen LogP contribution in [0.3, 0.4) is 0 Å². The van der Waals surface area contributed by atoms with E-state index in [1.165, 1.54) is 5.56 Å². The van der Waals surface area contributed by atoms with Crippen LogP contribution in [0.4, 0.5) is 5.82 Å². The molecule has 0 atom stereocenters. The first-order valence-corrected chi connectivity index (χ1v) is 15.3. The molecule has 43 heavy (non-hydrogen) atoms. The van der Waals surface area contributed by atoms with Gasteiger partial charge in [0.15, 0.2) is 17.4 Å². The van der Waals surface area contributed by atoms with E-state index in [0.717, 1.165) is 76.7 Å². The van der Waals surface area contributed by atoms with Gasteiger partial charge in [-0.05, 0) is 68.7 Å². The summed E-state index contributed by atoms with van der Waals surface area (Å²) in [7, 11) is 0. The Morgan fingerprint density at radius 3 is 2.51 bits per heavy atom. The summed E-state index contributed by atoms with van der Waals surface area (Å²) in [6.07, 6.45) is 7.24. The number of H-pyrrole nitrogens is 1. The van der Waals surface area contributed by atoms with Crippen LogP contribution in [0.15, 0.2) is 34.1 Å². The van der Waals surface area contributed by atoms with Crippen LogP contribution in [0.2, 0.25) is 0 Å². The summed E-state index contributed by atoms with van der Waals surface area (Å²) in [6.45, 7) is 7.20. The van der Waals surface area contributed by atoms with E-state index in [-0.39, 0.29) is 29.4 Å². The summed E-state index contributed by atoms with van der Waals surface area (Å²) in [5, 5.41) is 3.05. The zero-order valence-electron chi connectivity index (χ0n) is 25.2. The molecule has 1 aliphatic heterocycles. The lowest BCUT2D eigenvalue weighted by Gasteiger charge is -2.32. The molecule has 0 unspecified atom stereocenters. The highest BCUT2D eigenvalue weighted by Gasteiger charge is 2.20. The lowest BCUT2D eigenvalue weighted by Crippen LogP contribution is -2.34. The predicted octanol–water partition coefficient (Wildman–Crippen LogP) is 2.09. The molecular formula is C30H46N10O3. The number of amides is 1. The largest absolute Gasteiger partial charge is 0.463 e. The van der Waals surface area contributed by atoms with Crippen LogP contribution >= 0.6 is 0 Å². The zero-order chi connectivity index (χ0) is 30.6. The maximum Gasteiger partial charge on any atom is 0.328 e. The quantitative estimate of drug-likeness (QED) is 0.0937. The van der Waals surface area contributed by atoms with Gasteiger partial charge in [0.25, 0.3) is 0 Å². The Morgan fingerprint density at radius 2 is 1.81 bits per heavy atom. The summed E-state index contributed by atoms with van der Waals surface area (Å²) in [4.78, 5) is 42.6. The van der Waals surface area contributed by atoms with Crippen LogP contribution in [0, 0.1) is 5.92 Å². The van der Waals surface area contributed by atoms with Crippen LogP contribution in [0.1, 0.15) is 69.4 Å². The molecule has 1 fully saturated rings. The topological polar surface area (TPSA) is 196 Å². The van der Waals surface area contributed by atoms with Crippen molar-refractivity contribution in [2.45, 2.75) is 71.4 Å². The molecule has 1 amide bonds. The summed E-state index contributed by atoms with van der Waals surface area (Å²) in [6, 6.07) is 8.54. The first-order chi connectivity index (χ1) is 20.8. The third-order valence-electron chi connectivity index (χ3n) is 7.82. The first kappa shape index (κ1) is 31.8. The van der Waals surface area contributed by atoms with Gasteiger partial charge >= 0.3 is 11.7 Å². The SMILES string of the molecule is CCCCOc1nc(N)c2[nH]c(=O)n(Cc3ccc(CN4CCC(CCNC(=O)CCCCN=C(N)N)CC4)cc3)c2n1. The van der Waals surface area contributed by atoms with E-state index in [0.29, 0.717) is 43.2 Å². The number of unbranched alkanes of at least 4 members (excludes halogenated alkanes) is 2. The van der Waals surface area contributed by atoms with Crippen molar-refractivity contribution in [2.75, 3.05) is 38.5 Å². The number of guanidine groups is 1. The third kappa shape index (κ3) is 9.70. The average molecular weight is 595 g/mol. The van der Waals surface area contributed by atoms with Gasteiger partial charge in [-0.3, -0.25) is 19.3 Å². The Kier molecular flexibility index (Phi) is 11.8. The average Bonchev–Trinajstić information content (AvgIpc) is 3.30. The number of benzene rings is 1. The van der Waals surface area contributed by atoms with Gasteiger partial charge in [-0.2, -0.15) is 9.97 Å². The second-order valence-electron chi connectivity index (χ2n) is 11.2. The number of nitrogens with one attached hydrogen (secondary N) is 2. The number of carbonyl (C=O) groups excluding carboxylic acids is 1. The summed E-state index contributed by atoms with van der Waals surface area (Å²) >= 11 is 0. The predicted molar refractivity (Wildman–Crippen MR) is 169 cm³/mol. The van der Waals surface area contributed by atoms with E-state index in [2.05, 4.69) is 61.4 Å². The minimum atomic E-state index is -0.285. The second kappa shape index (κ2) is 15.9. The molecule has 3 aromatic rings. The van der Waals surface area contributed by atoms with E-state index in [1.807, 2.05) is 0 Å². The van der Waals surface area contributed by atoms with E-state index in [4.69, 9.17) is 21.9 Å². The third-order valence-corrected chi connectivity index (χ3v) is 7.82. The molecule has 13 nitrogen and oxygen atoms in total. The number of nitrogens with two attached hydrogens (primary N) is 3. The number of rotatable bonds is 16. The Hall–Kier alpha value is -4.13. The number of fused-ring (bicyclic) bond motifs is 1. The molecule has 4 rings (SSSR count). The summed E-state index contributed by atoms with van der Waals surface area (Å²) < 4.78 is 7.20. The van der Waals surface area contributed by atoms with E-state index < -0.39 is 0 Å². The number of hydrogen-bond acceptors (Lipinski definition) is 8. The molecule has 1 aliphatic rings. The van der Waals surface area contributed by atoms with Crippen molar-refractivity contribution in [1.82, 2.24) is 29.7 Å². The zero-order valence-corrected chi connectivity index (χ0v) is 25.2. The lowest BCUT2D eigenvalue weighted by atomic mass is 9.93. The van der Waals surface area contributed by atoms with Gasteiger partial charge in [-0.1, -0.05) is 37.6 Å². The highest BCUT2D eigenvalue weighted by Crippen LogP contribution is 2.22. The van der Waals surface area contributed by atoms with E-state index in [9.17, 15) is 9.59 Å². The van der Waals surface area contributed by atoms with Gasteiger partial charge in [-0.25, -0.2) is 4.79 Å². The molecule has 0 bridgehead atoms. The van der Waals surface area contributed by atoms with Crippen molar-refractivity contribution >= 4 is 28.8 Å². The lowest BCUT2D eigenvalue weighted by molar-refractivity contribution is -0.121. The van der Waals surface area contributed by atoms with Crippen LogP contribution in [-0.2, 0) is 17.9 Å². The van der Waals surface area contributed by atoms with Crippen LogP contribution in [0.25, 0.3) is 11.2 Å². The van der Waals surface area contributed by atoms with Crippen molar-refractivity contribution in [3.05, 3.63) is 45.9 Å².